The largest absolute Gasteiger partial charge is 0.262 e. The zero-order valence-corrected chi connectivity index (χ0v) is 32.8. The van der Waals surface area contributed by atoms with Crippen LogP contribution < -0.4 is 0 Å². The lowest BCUT2D eigenvalue weighted by molar-refractivity contribution is 0.407. The Morgan fingerprint density at radius 2 is 0.442 bits per heavy atom. The molecule has 0 amide bonds. The third kappa shape index (κ3) is 29.7. The third-order valence-electron chi connectivity index (χ3n) is 10.8. The molecule has 0 fully saturated rings. The lowest BCUT2D eigenvalue weighted by Gasteiger charge is -2.28. The normalized spacial score (nSPS) is 11.9. The molecule has 0 atom stereocenters. The van der Waals surface area contributed by atoms with Crippen molar-refractivity contribution >= 4 is 14.1 Å². The van der Waals surface area contributed by atoms with E-state index < -0.39 is 14.1 Å². The van der Waals surface area contributed by atoms with Crippen molar-refractivity contribution in [2.45, 2.75) is 250 Å². The average Bonchev–Trinajstić information content (AvgIpc) is 3.01. The van der Waals surface area contributed by atoms with Crippen LogP contribution in [0.25, 0.3) is 0 Å². The smallest absolute Gasteiger partial charge is 0.0910 e. The molecular weight excluding hydrogens is 531 g/mol. The zero-order valence-electron chi connectivity index (χ0n) is 31.6. The predicted molar refractivity (Wildman–Crippen MR) is 203 cm³/mol. The van der Waals surface area contributed by atoms with E-state index in [0.717, 1.165) is 17.8 Å². The van der Waals surface area contributed by atoms with Gasteiger partial charge in [-0.15, -0.1) is 0 Å². The molecule has 43 heavy (non-hydrogen) atoms. The Hall–Kier alpha value is 0.532. The first-order valence-electron chi connectivity index (χ1n) is 21.1. The Morgan fingerprint density at radius 3 is 0.605 bits per heavy atom. The van der Waals surface area contributed by atoms with Gasteiger partial charge in [-0.1, -0.05) is 268 Å². The number of rotatable bonds is 36. The standard InChI is InChI=1S/3C14H29.Al/c3*1-4-6-8-10-12-14(3)13-11-9-7-5-2;/h3*14H,3-13H2,1-2H3;. The van der Waals surface area contributed by atoms with Crippen LogP contribution in [0.4, 0.5) is 0 Å². The van der Waals surface area contributed by atoms with Crippen molar-refractivity contribution in [3.05, 3.63) is 0 Å². The van der Waals surface area contributed by atoms with Gasteiger partial charge in [-0.05, 0) is 0 Å². The monoisotopic (exact) mass is 619 g/mol. The van der Waals surface area contributed by atoms with Crippen LogP contribution in [0, 0.1) is 17.8 Å². The summed E-state index contributed by atoms with van der Waals surface area (Å²) in [7, 11) is 0. The van der Waals surface area contributed by atoms with Gasteiger partial charge in [0.15, 0.2) is 0 Å². The molecule has 258 valence electrons. The molecule has 0 saturated heterocycles. The first-order valence-corrected chi connectivity index (χ1v) is 23.6. The van der Waals surface area contributed by atoms with Crippen molar-refractivity contribution in [2.24, 2.45) is 17.8 Å². The summed E-state index contributed by atoms with van der Waals surface area (Å²) in [6.07, 6.45) is 44.4. The van der Waals surface area contributed by atoms with Crippen LogP contribution in [-0.2, 0) is 0 Å². The molecule has 0 aromatic carbocycles. The summed E-state index contributed by atoms with van der Waals surface area (Å²) in [5, 5.41) is 5.12. The van der Waals surface area contributed by atoms with Gasteiger partial charge in [-0.2, -0.15) is 0 Å². The molecule has 0 heterocycles. The van der Waals surface area contributed by atoms with Crippen molar-refractivity contribution < 1.29 is 0 Å². The molecule has 1 heteroatoms. The average molecular weight is 619 g/mol. The minimum atomic E-state index is -0.760. The summed E-state index contributed by atoms with van der Waals surface area (Å²) in [4.78, 5) is 0. The maximum atomic E-state index is 2.38. The Morgan fingerprint density at radius 1 is 0.256 bits per heavy atom. The Bertz CT molecular complexity index is 394. The van der Waals surface area contributed by atoms with Crippen LogP contribution in [0.2, 0.25) is 15.8 Å². The minimum Gasteiger partial charge on any atom is -0.0910 e. The highest BCUT2D eigenvalue weighted by Crippen LogP contribution is 2.34. The van der Waals surface area contributed by atoms with E-state index in [1.807, 2.05) is 0 Å². The van der Waals surface area contributed by atoms with Gasteiger partial charge in [0.25, 0.3) is 14.1 Å². The second-order valence-electron chi connectivity index (χ2n) is 15.3. The lowest BCUT2D eigenvalue weighted by atomic mass is 9.95. The van der Waals surface area contributed by atoms with Crippen LogP contribution in [0.5, 0.6) is 0 Å². The van der Waals surface area contributed by atoms with E-state index >= 15 is 0 Å². The molecule has 0 aromatic heterocycles. The zero-order chi connectivity index (χ0) is 31.6. The molecule has 0 radical (unpaired) electrons. The van der Waals surface area contributed by atoms with Gasteiger partial charge < -0.3 is 0 Å². The molecule has 0 unspecified atom stereocenters. The minimum absolute atomic E-state index is 0.760. The van der Waals surface area contributed by atoms with Crippen molar-refractivity contribution in [3.8, 4) is 0 Å². The van der Waals surface area contributed by atoms with E-state index in [-0.39, 0.29) is 0 Å². The van der Waals surface area contributed by atoms with Gasteiger partial charge in [0, 0.05) is 0 Å². The van der Waals surface area contributed by atoms with Crippen LogP contribution >= 0.6 is 0 Å². The first-order chi connectivity index (χ1) is 21.1. The lowest BCUT2D eigenvalue weighted by Crippen LogP contribution is -2.25. The maximum Gasteiger partial charge on any atom is 0.262 e. The van der Waals surface area contributed by atoms with Crippen molar-refractivity contribution in [1.29, 1.82) is 0 Å². The summed E-state index contributed by atoms with van der Waals surface area (Å²) >= 11 is -0.760. The molecule has 0 aromatic rings. The quantitative estimate of drug-likeness (QED) is 0.0484. The molecule has 0 spiro atoms. The number of hydrogen-bond acceptors (Lipinski definition) is 0. The summed E-state index contributed by atoms with van der Waals surface area (Å²) in [5.41, 5.74) is 0. The van der Waals surface area contributed by atoms with Gasteiger partial charge in [0.05, 0.1) is 0 Å². The van der Waals surface area contributed by atoms with E-state index in [1.165, 1.54) is 154 Å². The first kappa shape index (κ1) is 43.5. The van der Waals surface area contributed by atoms with Crippen molar-refractivity contribution in [3.63, 3.8) is 0 Å². The van der Waals surface area contributed by atoms with E-state index in [4.69, 9.17) is 0 Å². The molecular formula is C42H87Al. The Kier molecular flexibility index (Phi) is 35.8. The van der Waals surface area contributed by atoms with Gasteiger partial charge in [-0.3, -0.25) is 0 Å². The summed E-state index contributed by atoms with van der Waals surface area (Å²) in [5.74, 6) is 3.19. The third-order valence-corrected chi connectivity index (χ3v) is 14.8. The highest BCUT2D eigenvalue weighted by molar-refractivity contribution is 6.59. The number of hydrogen-bond donors (Lipinski definition) is 0. The predicted octanol–water partition coefficient (Wildman–Crippen LogP) is 16.2. The summed E-state index contributed by atoms with van der Waals surface area (Å²) in [6.45, 7) is 14.3. The molecule has 0 nitrogen and oxygen atoms in total. The van der Waals surface area contributed by atoms with Gasteiger partial charge in [0.2, 0.25) is 0 Å². The van der Waals surface area contributed by atoms with Crippen LogP contribution in [0.15, 0.2) is 0 Å². The van der Waals surface area contributed by atoms with Gasteiger partial charge in [0.1, 0.15) is 0 Å². The summed E-state index contributed by atoms with van der Waals surface area (Å²) in [6, 6.07) is 0. The molecule has 0 saturated carbocycles. The van der Waals surface area contributed by atoms with E-state index in [0.29, 0.717) is 0 Å². The van der Waals surface area contributed by atoms with Gasteiger partial charge in [-0.25, -0.2) is 0 Å². The fourth-order valence-electron chi connectivity index (χ4n) is 8.00. The maximum absolute atomic E-state index is 2.38. The highest BCUT2D eigenvalue weighted by atomic mass is 27.2. The molecule has 0 aliphatic carbocycles. The topological polar surface area (TPSA) is 0 Å². The van der Waals surface area contributed by atoms with E-state index in [2.05, 4.69) is 41.5 Å². The SMILES string of the molecule is CCCCCCC(CCCCCC)[CH2][Al]([CH2]C(CCCCCC)CCCCCC)[CH2]C(CCCCCC)CCCCCC. The molecule has 0 bridgehead atoms. The van der Waals surface area contributed by atoms with E-state index in [1.54, 1.807) is 54.4 Å². The molecule has 0 rings (SSSR count). The fraction of sp³-hybridized carbons (Fsp3) is 1.00. The van der Waals surface area contributed by atoms with Crippen LogP contribution in [-0.4, -0.2) is 14.1 Å². The second kappa shape index (κ2) is 35.4. The summed E-state index contributed by atoms with van der Waals surface area (Å²) < 4.78 is 0. The second-order valence-corrected chi connectivity index (χ2v) is 18.4. The van der Waals surface area contributed by atoms with Gasteiger partial charge >= 0.3 is 0 Å². The highest BCUT2D eigenvalue weighted by Gasteiger charge is 2.28. The molecule has 0 aliphatic heterocycles. The van der Waals surface area contributed by atoms with Crippen molar-refractivity contribution in [2.75, 3.05) is 0 Å². The fourth-order valence-corrected chi connectivity index (χ4v) is 12.8. The van der Waals surface area contributed by atoms with Crippen molar-refractivity contribution in [1.82, 2.24) is 0 Å². The Labute approximate surface area is 280 Å². The van der Waals surface area contributed by atoms with Crippen LogP contribution in [0.3, 0.4) is 0 Å². The number of unbranched alkanes of at least 4 members (excludes halogenated alkanes) is 18. The van der Waals surface area contributed by atoms with Crippen LogP contribution in [0.1, 0.15) is 234 Å². The molecule has 0 aliphatic rings. The Balaban J connectivity index is 5.72. The van der Waals surface area contributed by atoms with E-state index in [9.17, 15) is 0 Å². The molecule has 0 N–H and O–H groups in total.